The maximum absolute atomic E-state index is 12.5. The van der Waals surface area contributed by atoms with Gasteiger partial charge in [-0.1, -0.05) is 11.6 Å². The molecule has 0 radical (unpaired) electrons. The average molecular weight is 338 g/mol. The molecule has 138 valence electrons. The topological polar surface area (TPSA) is 44.8 Å². The van der Waals surface area contributed by atoms with Crippen molar-refractivity contribution in [2.75, 3.05) is 45.9 Å². The quantitative estimate of drug-likeness (QED) is 0.758. The number of hydrogen-bond acceptors (Lipinski definition) is 3. The number of amides is 2. The SMILES string of the molecule is CCOCC1CCCN(C(=O)NC2CCN(CC=C(C)C)CC2)C1. The summed E-state index contributed by atoms with van der Waals surface area (Å²) in [6.07, 6.45) is 6.65. The molecule has 1 N–H and O–H groups in total. The van der Waals surface area contributed by atoms with E-state index in [1.165, 1.54) is 12.0 Å². The summed E-state index contributed by atoms with van der Waals surface area (Å²) >= 11 is 0. The first kappa shape index (κ1) is 19.3. The van der Waals surface area contributed by atoms with E-state index < -0.39 is 0 Å². The number of urea groups is 1. The van der Waals surface area contributed by atoms with Crippen molar-refractivity contribution in [3.63, 3.8) is 0 Å². The predicted octanol–water partition coefficient (Wildman–Crippen LogP) is 2.88. The molecule has 0 spiro atoms. The molecule has 24 heavy (non-hydrogen) atoms. The molecule has 0 aromatic carbocycles. The highest BCUT2D eigenvalue weighted by Gasteiger charge is 2.26. The lowest BCUT2D eigenvalue weighted by Crippen LogP contribution is -2.51. The summed E-state index contributed by atoms with van der Waals surface area (Å²) in [5.41, 5.74) is 1.37. The molecule has 1 atom stereocenters. The van der Waals surface area contributed by atoms with E-state index >= 15 is 0 Å². The lowest BCUT2D eigenvalue weighted by molar-refractivity contribution is 0.0745. The Labute approximate surface area is 147 Å². The van der Waals surface area contributed by atoms with E-state index in [9.17, 15) is 4.79 Å². The number of ether oxygens (including phenoxy) is 1. The van der Waals surface area contributed by atoms with Crippen LogP contribution in [0, 0.1) is 5.92 Å². The lowest BCUT2D eigenvalue weighted by atomic mass is 9.99. The van der Waals surface area contributed by atoms with Gasteiger partial charge in [-0.15, -0.1) is 0 Å². The summed E-state index contributed by atoms with van der Waals surface area (Å²) < 4.78 is 5.53. The summed E-state index contributed by atoms with van der Waals surface area (Å²) in [5.74, 6) is 0.496. The Morgan fingerprint density at radius 1 is 1.21 bits per heavy atom. The van der Waals surface area contributed by atoms with Crippen molar-refractivity contribution in [2.45, 2.75) is 52.5 Å². The van der Waals surface area contributed by atoms with Crippen molar-refractivity contribution in [1.82, 2.24) is 15.1 Å². The number of likely N-dealkylation sites (tertiary alicyclic amines) is 2. The molecule has 5 heteroatoms. The number of nitrogens with zero attached hydrogens (tertiary/aromatic N) is 2. The van der Waals surface area contributed by atoms with Crippen LogP contribution in [0.15, 0.2) is 11.6 Å². The normalized spacial score (nSPS) is 23.1. The Kier molecular flexibility index (Phi) is 8.06. The van der Waals surface area contributed by atoms with Gasteiger partial charge in [0.1, 0.15) is 0 Å². The Bertz CT molecular complexity index is 413. The highest BCUT2D eigenvalue weighted by atomic mass is 16.5. The molecule has 2 heterocycles. The number of rotatable bonds is 6. The van der Waals surface area contributed by atoms with Gasteiger partial charge in [-0.2, -0.15) is 0 Å². The minimum atomic E-state index is 0.124. The van der Waals surface area contributed by atoms with Crippen LogP contribution in [-0.2, 0) is 4.74 Å². The van der Waals surface area contributed by atoms with Crippen molar-refractivity contribution in [3.05, 3.63) is 11.6 Å². The Hall–Kier alpha value is -1.07. The van der Waals surface area contributed by atoms with E-state index in [4.69, 9.17) is 4.74 Å². The molecule has 2 fully saturated rings. The molecule has 0 saturated carbocycles. The summed E-state index contributed by atoms with van der Waals surface area (Å²) in [6, 6.07) is 0.451. The number of carbonyl (C=O) groups is 1. The maximum Gasteiger partial charge on any atom is 0.317 e. The van der Waals surface area contributed by atoms with Crippen molar-refractivity contribution in [3.8, 4) is 0 Å². The van der Waals surface area contributed by atoms with Crippen LogP contribution in [0.4, 0.5) is 4.79 Å². The van der Waals surface area contributed by atoms with Gasteiger partial charge in [0, 0.05) is 51.3 Å². The number of nitrogens with one attached hydrogen (secondary N) is 1. The van der Waals surface area contributed by atoms with Gasteiger partial charge in [0.2, 0.25) is 0 Å². The molecule has 2 saturated heterocycles. The number of piperidine rings is 2. The molecule has 0 bridgehead atoms. The van der Waals surface area contributed by atoms with E-state index in [1.54, 1.807) is 0 Å². The summed E-state index contributed by atoms with van der Waals surface area (Å²) in [4.78, 5) is 17.0. The molecular formula is C19H35N3O2. The molecule has 2 amide bonds. The first-order valence-corrected chi connectivity index (χ1v) is 9.57. The summed E-state index contributed by atoms with van der Waals surface area (Å²) in [6.45, 7) is 12.7. The van der Waals surface area contributed by atoms with Crippen molar-refractivity contribution >= 4 is 6.03 Å². The monoisotopic (exact) mass is 337 g/mol. The lowest BCUT2D eigenvalue weighted by Gasteiger charge is -2.36. The van der Waals surface area contributed by atoms with E-state index in [1.807, 2.05) is 11.8 Å². The van der Waals surface area contributed by atoms with Crippen molar-refractivity contribution in [1.29, 1.82) is 0 Å². The largest absolute Gasteiger partial charge is 0.381 e. The van der Waals surface area contributed by atoms with Crippen LogP contribution in [0.2, 0.25) is 0 Å². The van der Waals surface area contributed by atoms with Gasteiger partial charge in [-0.25, -0.2) is 4.79 Å². The Morgan fingerprint density at radius 2 is 1.96 bits per heavy atom. The van der Waals surface area contributed by atoms with E-state index in [0.29, 0.717) is 12.0 Å². The third-order valence-corrected chi connectivity index (χ3v) is 5.04. The smallest absolute Gasteiger partial charge is 0.317 e. The molecule has 2 aliphatic rings. The van der Waals surface area contributed by atoms with Crippen molar-refractivity contribution in [2.24, 2.45) is 5.92 Å². The zero-order valence-electron chi connectivity index (χ0n) is 15.7. The van der Waals surface area contributed by atoms with E-state index in [-0.39, 0.29) is 6.03 Å². The third-order valence-electron chi connectivity index (χ3n) is 5.04. The number of hydrogen-bond donors (Lipinski definition) is 1. The predicted molar refractivity (Wildman–Crippen MR) is 98.2 cm³/mol. The van der Waals surface area contributed by atoms with E-state index in [0.717, 1.165) is 65.2 Å². The van der Waals surface area contributed by atoms with Crippen LogP contribution in [0.25, 0.3) is 0 Å². The van der Waals surface area contributed by atoms with E-state index in [2.05, 4.69) is 30.1 Å². The second kappa shape index (κ2) is 10.0. The molecule has 2 rings (SSSR count). The minimum Gasteiger partial charge on any atom is -0.381 e. The van der Waals surface area contributed by atoms with Crippen LogP contribution in [-0.4, -0.2) is 67.8 Å². The first-order valence-electron chi connectivity index (χ1n) is 9.57. The number of allylic oxidation sites excluding steroid dienone is 1. The third kappa shape index (κ3) is 6.44. The highest BCUT2D eigenvalue weighted by Crippen LogP contribution is 2.18. The number of carbonyl (C=O) groups excluding carboxylic acids is 1. The zero-order chi connectivity index (χ0) is 17.4. The van der Waals surface area contributed by atoms with Crippen LogP contribution in [0.3, 0.4) is 0 Å². The molecule has 0 aromatic rings. The van der Waals surface area contributed by atoms with Crippen LogP contribution < -0.4 is 5.32 Å². The Balaban J connectivity index is 1.70. The van der Waals surface area contributed by atoms with Gasteiger partial charge >= 0.3 is 6.03 Å². The zero-order valence-corrected chi connectivity index (χ0v) is 15.7. The van der Waals surface area contributed by atoms with Gasteiger partial charge in [0.05, 0.1) is 6.61 Å². The molecule has 0 aromatic heterocycles. The molecular weight excluding hydrogens is 302 g/mol. The van der Waals surface area contributed by atoms with Gasteiger partial charge in [0.25, 0.3) is 0 Å². The van der Waals surface area contributed by atoms with Crippen LogP contribution in [0.1, 0.15) is 46.5 Å². The average Bonchev–Trinajstić information content (AvgIpc) is 2.59. The molecule has 0 aliphatic carbocycles. The summed E-state index contributed by atoms with van der Waals surface area (Å²) in [7, 11) is 0. The van der Waals surface area contributed by atoms with Gasteiger partial charge < -0.3 is 15.0 Å². The van der Waals surface area contributed by atoms with Crippen molar-refractivity contribution < 1.29 is 9.53 Å². The fourth-order valence-electron chi connectivity index (χ4n) is 3.51. The molecule has 5 nitrogen and oxygen atoms in total. The van der Waals surface area contributed by atoms with Crippen LogP contribution in [0.5, 0.6) is 0 Å². The Morgan fingerprint density at radius 3 is 2.62 bits per heavy atom. The fourth-order valence-corrected chi connectivity index (χ4v) is 3.51. The summed E-state index contributed by atoms with van der Waals surface area (Å²) in [5, 5.41) is 3.25. The second-order valence-electron chi connectivity index (χ2n) is 7.42. The second-order valence-corrected chi connectivity index (χ2v) is 7.42. The molecule has 2 aliphatic heterocycles. The fraction of sp³-hybridized carbons (Fsp3) is 0.842. The van der Waals surface area contributed by atoms with Gasteiger partial charge in [-0.3, -0.25) is 4.90 Å². The highest BCUT2D eigenvalue weighted by molar-refractivity contribution is 5.74. The maximum atomic E-state index is 12.5. The first-order chi connectivity index (χ1) is 11.6. The van der Waals surface area contributed by atoms with Gasteiger partial charge in [-0.05, 0) is 46.5 Å². The van der Waals surface area contributed by atoms with Crippen LogP contribution >= 0.6 is 0 Å². The molecule has 1 unspecified atom stereocenters. The van der Waals surface area contributed by atoms with Gasteiger partial charge in [0.15, 0.2) is 0 Å². The standard InChI is InChI=1S/C19H35N3O2/c1-4-24-15-17-6-5-10-22(14-17)19(23)20-18-8-12-21(13-9-18)11-7-16(2)3/h7,17-18H,4-6,8-15H2,1-3H3,(H,20,23). The minimum absolute atomic E-state index is 0.124.